The van der Waals surface area contributed by atoms with Crippen molar-refractivity contribution in [1.29, 1.82) is 5.26 Å². The van der Waals surface area contributed by atoms with Gasteiger partial charge in [0, 0.05) is 45.6 Å². The van der Waals surface area contributed by atoms with Crippen LogP contribution in [0, 0.1) is 11.3 Å². The van der Waals surface area contributed by atoms with Crippen LogP contribution in [0.15, 0.2) is 101 Å². The Hall–Kier alpha value is -5.84. The first kappa shape index (κ1) is 33.1. The van der Waals surface area contributed by atoms with Gasteiger partial charge in [0.05, 0.1) is 23.6 Å². The summed E-state index contributed by atoms with van der Waals surface area (Å²) in [5.74, 6) is 1.53. The number of aliphatic hydroxyl groups is 1. The number of aliphatic hydroxyl groups excluding tert-OH is 1. The number of nitrogens with zero attached hydrogens (tertiary/aromatic N) is 6. The molecular weight excluding hydrogens is 641 g/mol. The minimum absolute atomic E-state index is 0.0920. The average molecular weight is 675 g/mol. The van der Waals surface area contributed by atoms with Crippen LogP contribution in [-0.4, -0.2) is 53.8 Å². The molecule has 0 aliphatic heterocycles. The first-order chi connectivity index (χ1) is 23.6. The maximum Gasteiger partial charge on any atom is 0.320 e. The summed E-state index contributed by atoms with van der Waals surface area (Å²) in [6.45, 7) is 6.50. The molecule has 3 aromatic heterocycles. The van der Waals surface area contributed by atoms with Crippen LogP contribution in [-0.2, 0) is 12.0 Å². The van der Waals surface area contributed by atoms with E-state index < -0.39 is 6.03 Å². The lowest BCUT2D eigenvalue weighted by atomic mass is 9.92. The van der Waals surface area contributed by atoms with Crippen LogP contribution in [0.5, 0.6) is 11.5 Å². The third-order valence-corrected chi connectivity index (χ3v) is 8.63. The molecule has 3 heterocycles. The standard InChI is InChI=1S/C36H34N8O4S/c1-36(2,3)31-19-33(44(42-31)26-8-6-9-27(18-26)48-16-15-45)39-35(47)38-21-24-7-4-5-10-30(24)49-28-12-14-32-40-41-34(43(32)22-28)23-11-13-29(46)25(17-23)20-37/h4-14,17-19,22,45-46H,15-16,21H2,1-3H3,(H2,38,39,47). The van der Waals surface area contributed by atoms with Crippen molar-refractivity contribution in [3.05, 3.63) is 108 Å². The maximum absolute atomic E-state index is 13.3. The summed E-state index contributed by atoms with van der Waals surface area (Å²) in [6.07, 6.45) is 1.92. The van der Waals surface area contributed by atoms with Crippen LogP contribution in [0.4, 0.5) is 10.6 Å². The molecule has 6 rings (SSSR count). The van der Waals surface area contributed by atoms with Crippen molar-refractivity contribution in [1.82, 2.24) is 29.7 Å². The predicted molar refractivity (Wildman–Crippen MR) is 186 cm³/mol. The molecule has 4 N–H and O–H groups in total. The Labute approximate surface area is 287 Å². The van der Waals surface area contributed by atoms with Gasteiger partial charge in [0.2, 0.25) is 0 Å². The molecule has 0 saturated carbocycles. The average Bonchev–Trinajstić information content (AvgIpc) is 3.72. The normalized spacial score (nSPS) is 11.3. The molecule has 0 unspecified atom stereocenters. The first-order valence-electron chi connectivity index (χ1n) is 15.5. The van der Waals surface area contributed by atoms with Gasteiger partial charge in [-0.3, -0.25) is 9.72 Å². The molecule has 0 aliphatic rings. The van der Waals surface area contributed by atoms with Gasteiger partial charge in [-0.15, -0.1) is 10.2 Å². The predicted octanol–water partition coefficient (Wildman–Crippen LogP) is 6.30. The number of carbonyl (C=O) groups excluding carboxylic acids is 1. The summed E-state index contributed by atoms with van der Waals surface area (Å²) in [4.78, 5) is 15.1. The van der Waals surface area contributed by atoms with E-state index >= 15 is 0 Å². The van der Waals surface area contributed by atoms with E-state index in [-0.39, 0.29) is 36.5 Å². The van der Waals surface area contributed by atoms with Gasteiger partial charge in [0.1, 0.15) is 30.0 Å². The number of urea groups is 1. The highest BCUT2D eigenvalue weighted by Crippen LogP contribution is 2.33. The molecule has 12 nitrogen and oxygen atoms in total. The van der Waals surface area contributed by atoms with Crippen molar-refractivity contribution in [3.8, 4) is 34.6 Å². The monoisotopic (exact) mass is 674 g/mol. The van der Waals surface area contributed by atoms with Gasteiger partial charge in [-0.25, -0.2) is 9.48 Å². The van der Waals surface area contributed by atoms with Crippen molar-refractivity contribution in [2.24, 2.45) is 0 Å². The first-order valence-corrected chi connectivity index (χ1v) is 16.3. The number of nitrogens with one attached hydrogen (secondary N) is 2. The van der Waals surface area contributed by atoms with E-state index in [4.69, 9.17) is 14.9 Å². The lowest BCUT2D eigenvalue weighted by Crippen LogP contribution is -2.29. The lowest BCUT2D eigenvalue weighted by molar-refractivity contribution is 0.201. The number of anilines is 1. The van der Waals surface area contributed by atoms with Gasteiger partial charge in [0.15, 0.2) is 11.5 Å². The number of hydrogen-bond donors (Lipinski definition) is 4. The number of nitriles is 1. The Morgan fingerprint density at radius 3 is 2.65 bits per heavy atom. The zero-order valence-corrected chi connectivity index (χ0v) is 27.9. The number of pyridine rings is 1. The van der Waals surface area contributed by atoms with Crippen LogP contribution < -0.4 is 15.4 Å². The fraction of sp³-hybridized carbons (Fsp3) is 0.194. The molecule has 0 spiro atoms. The van der Waals surface area contributed by atoms with Gasteiger partial charge in [-0.05, 0) is 54.1 Å². The largest absolute Gasteiger partial charge is 0.507 e. The summed E-state index contributed by atoms with van der Waals surface area (Å²) in [5.41, 5.74) is 3.60. The number of rotatable bonds is 10. The molecule has 0 bridgehead atoms. The number of phenols is 1. The maximum atomic E-state index is 13.3. The van der Waals surface area contributed by atoms with Gasteiger partial charge in [-0.2, -0.15) is 10.4 Å². The van der Waals surface area contributed by atoms with Crippen LogP contribution in [0.2, 0.25) is 0 Å². The third kappa shape index (κ3) is 7.51. The Balaban J connectivity index is 1.19. The number of hydrogen-bond acceptors (Lipinski definition) is 9. The molecule has 13 heteroatoms. The van der Waals surface area contributed by atoms with Crippen molar-refractivity contribution in [2.45, 2.75) is 42.5 Å². The molecular formula is C36H34N8O4S. The second-order valence-electron chi connectivity index (χ2n) is 12.1. The zero-order valence-electron chi connectivity index (χ0n) is 27.1. The molecule has 0 aliphatic carbocycles. The summed E-state index contributed by atoms with van der Waals surface area (Å²) in [7, 11) is 0. The van der Waals surface area contributed by atoms with Gasteiger partial charge >= 0.3 is 6.03 Å². The highest BCUT2D eigenvalue weighted by molar-refractivity contribution is 7.99. The molecule has 6 aromatic rings. The number of aromatic hydroxyl groups is 1. The van der Waals surface area contributed by atoms with E-state index in [9.17, 15) is 15.2 Å². The van der Waals surface area contributed by atoms with E-state index in [1.54, 1.807) is 28.9 Å². The topological polar surface area (TPSA) is 163 Å². The van der Waals surface area contributed by atoms with Crippen molar-refractivity contribution >= 4 is 29.3 Å². The molecule has 248 valence electrons. The molecule has 2 amide bonds. The fourth-order valence-corrected chi connectivity index (χ4v) is 5.97. The van der Waals surface area contributed by atoms with E-state index in [1.165, 1.54) is 17.8 Å². The Morgan fingerprint density at radius 2 is 1.86 bits per heavy atom. The Kier molecular flexibility index (Phi) is 9.52. The second kappa shape index (κ2) is 14.1. The summed E-state index contributed by atoms with van der Waals surface area (Å²) >= 11 is 1.53. The summed E-state index contributed by atoms with van der Waals surface area (Å²) < 4.78 is 9.10. The van der Waals surface area contributed by atoms with Crippen LogP contribution in [0.25, 0.3) is 22.7 Å². The van der Waals surface area contributed by atoms with E-state index in [0.29, 0.717) is 34.3 Å². The number of amides is 2. The van der Waals surface area contributed by atoms with Crippen LogP contribution in [0.1, 0.15) is 37.6 Å². The number of aromatic nitrogens is 5. The van der Waals surface area contributed by atoms with Crippen molar-refractivity contribution in [2.75, 3.05) is 18.5 Å². The summed E-state index contributed by atoms with van der Waals surface area (Å²) in [6, 6.07) is 27.2. The van der Waals surface area contributed by atoms with E-state index in [0.717, 1.165) is 21.0 Å². The Bertz CT molecular complexity index is 2180. The number of carbonyl (C=O) groups is 1. The van der Waals surface area contributed by atoms with Gasteiger partial charge < -0.3 is 20.3 Å². The van der Waals surface area contributed by atoms with Gasteiger partial charge in [0.25, 0.3) is 0 Å². The number of phenolic OH excluding ortho intramolecular Hbond substituents is 1. The van der Waals surface area contributed by atoms with E-state index in [2.05, 4.69) is 41.6 Å². The number of ether oxygens (including phenoxy) is 1. The molecule has 0 saturated heterocycles. The SMILES string of the molecule is CC(C)(C)c1cc(NC(=O)NCc2ccccc2Sc2ccc3nnc(-c4ccc(O)c(C#N)c4)n3c2)n(-c2cccc(OCCO)c2)n1. The molecule has 3 aromatic carbocycles. The Morgan fingerprint density at radius 1 is 1.02 bits per heavy atom. The molecule has 0 radical (unpaired) electrons. The number of fused-ring (bicyclic) bond motifs is 1. The lowest BCUT2D eigenvalue weighted by Gasteiger charge is -2.14. The highest BCUT2D eigenvalue weighted by Gasteiger charge is 2.22. The minimum Gasteiger partial charge on any atom is -0.507 e. The number of benzene rings is 3. The molecule has 0 atom stereocenters. The minimum atomic E-state index is -0.393. The van der Waals surface area contributed by atoms with Crippen molar-refractivity contribution in [3.63, 3.8) is 0 Å². The fourth-order valence-electron chi connectivity index (χ4n) is 5.01. The second-order valence-corrected chi connectivity index (χ2v) is 13.2. The van der Waals surface area contributed by atoms with Gasteiger partial charge in [-0.1, -0.05) is 56.8 Å². The van der Waals surface area contributed by atoms with Crippen LogP contribution in [0.3, 0.4) is 0 Å². The molecule has 0 fully saturated rings. The smallest absolute Gasteiger partial charge is 0.320 e. The summed E-state index contributed by atoms with van der Waals surface area (Å²) in [5, 5.41) is 47.8. The third-order valence-electron chi connectivity index (χ3n) is 7.53. The van der Waals surface area contributed by atoms with Crippen LogP contribution >= 0.6 is 11.8 Å². The van der Waals surface area contributed by atoms with E-state index in [1.807, 2.05) is 71.3 Å². The highest BCUT2D eigenvalue weighted by atomic mass is 32.2. The quantitative estimate of drug-likeness (QED) is 0.131. The van der Waals surface area contributed by atoms with Crippen molar-refractivity contribution < 1.29 is 19.7 Å². The molecule has 49 heavy (non-hydrogen) atoms. The zero-order chi connectivity index (χ0) is 34.5.